The lowest BCUT2D eigenvalue weighted by Gasteiger charge is -2.11. The molecule has 0 aliphatic heterocycles. The van der Waals surface area contributed by atoms with E-state index in [-0.39, 0.29) is 0 Å². The third kappa shape index (κ3) is 4.79. The first kappa shape index (κ1) is 32.9. The van der Waals surface area contributed by atoms with Gasteiger partial charge < -0.3 is 13.6 Å². The Hall–Kier alpha value is -8.08. The predicted molar refractivity (Wildman–Crippen MR) is 250 cm³/mol. The second kappa shape index (κ2) is 12.7. The Morgan fingerprint density at radius 2 is 0.700 bits per heavy atom. The van der Waals surface area contributed by atoms with Crippen LogP contribution in [-0.2, 0) is 0 Å². The molecule has 0 radical (unpaired) electrons. The van der Waals surface area contributed by atoms with E-state index in [0.29, 0.717) is 0 Å². The normalized spacial score (nSPS) is 12.0. The molecule has 0 amide bonds. The van der Waals surface area contributed by atoms with E-state index in [9.17, 15) is 0 Å². The average Bonchev–Trinajstić information content (AvgIpc) is 4.05. The van der Waals surface area contributed by atoms with Gasteiger partial charge in [-0.05, 0) is 113 Å². The van der Waals surface area contributed by atoms with E-state index < -0.39 is 0 Å². The van der Waals surface area contributed by atoms with Crippen molar-refractivity contribution >= 4 is 76.6 Å². The van der Waals surface area contributed by atoms with Gasteiger partial charge in [-0.25, -0.2) is 0 Å². The fourth-order valence-corrected chi connectivity index (χ4v) is 9.77. The van der Waals surface area contributed by atoms with Gasteiger partial charge in [0, 0.05) is 49.4 Å². The third-order valence-electron chi connectivity index (χ3n) is 12.4. The third-order valence-corrected chi connectivity index (χ3v) is 12.4. The monoisotopic (exact) mass is 765 g/mol. The molecule has 280 valence electrons. The van der Waals surface area contributed by atoms with Gasteiger partial charge in [0.15, 0.2) is 0 Å². The molecular formula is C56H35N3O. The zero-order chi connectivity index (χ0) is 39.3. The van der Waals surface area contributed by atoms with Gasteiger partial charge in [0.1, 0.15) is 5.58 Å². The second-order valence-electron chi connectivity index (χ2n) is 15.7. The van der Waals surface area contributed by atoms with Crippen LogP contribution in [0.25, 0.3) is 116 Å². The minimum absolute atomic E-state index is 0.867. The van der Waals surface area contributed by atoms with Gasteiger partial charge in [0.05, 0.1) is 33.0 Å². The quantitative estimate of drug-likeness (QED) is 0.171. The Bertz CT molecular complexity index is 3820. The number of para-hydroxylation sites is 5. The minimum atomic E-state index is 0.867. The minimum Gasteiger partial charge on any atom is -0.439 e. The summed E-state index contributed by atoms with van der Waals surface area (Å²) in [5.41, 5.74) is 15.8. The van der Waals surface area contributed by atoms with Crippen molar-refractivity contribution in [3.63, 3.8) is 0 Å². The number of hydrogen-bond acceptors (Lipinski definition) is 1. The van der Waals surface area contributed by atoms with Crippen LogP contribution in [-0.4, -0.2) is 13.7 Å². The maximum absolute atomic E-state index is 6.57. The molecule has 0 aliphatic rings. The first-order valence-electron chi connectivity index (χ1n) is 20.5. The zero-order valence-corrected chi connectivity index (χ0v) is 32.5. The Morgan fingerprint density at radius 1 is 0.267 bits per heavy atom. The number of hydrogen-bond donors (Lipinski definition) is 0. The lowest BCUT2D eigenvalue weighted by molar-refractivity contribution is 0.645. The number of nitrogens with zero attached hydrogens (tertiary/aromatic N) is 3. The Balaban J connectivity index is 0.951. The molecule has 0 saturated carbocycles. The van der Waals surface area contributed by atoms with Crippen LogP contribution in [0.4, 0.5) is 0 Å². The van der Waals surface area contributed by atoms with Crippen LogP contribution in [0.5, 0.6) is 0 Å². The summed E-state index contributed by atoms with van der Waals surface area (Å²) in [6.07, 6.45) is 0. The topological polar surface area (TPSA) is 27.9 Å². The van der Waals surface area contributed by atoms with Crippen LogP contribution in [0, 0.1) is 0 Å². The highest BCUT2D eigenvalue weighted by molar-refractivity contribution is 6.20. The molecule has 0 saturated heterocycles. The molecule has 0 fully saturated rings. The van der Waals surface area contributed by atoms with Gasteiger partial charge in [-0.1, -0.05) is 121 Å². The molecule has 13 aromatic rings. The summed E-state index contributed by atoms with van der Waals surface area (Å²) >= 11 is 0. The molecule has 60 heavy (non-hydrogen) atoms. The summed E-state index contributed by atoms with van der Waals surface area (Å²) < 4.78 is 13.6. The smallest absolute Gasteiger partial charge is 0.213 e. The number of aromatic nitrogens is 3. The molecule has 0 atom stereocenters. The average molecular weight is 766 g/mol. The highest BCUT2D eigenvalue weighted by Gasteiger charge is 2.21. The molecule has 4 nitrogen and oxygen atoms in total. The predicted octanol–water partition coefficient (Wildman–Crippen LogP) is 15.1. The summed E-state index contributed by atoms with van der Waals surface area (Å²) in [5.74, 6) is 0. The van der Waals surface area contributed by atoms with Crippen LogP contribution in [0.15, 0.2) is 217 Å². The fourth-order valence-electron chi connectivity index (χ4n) is 9.77. The van der Waals surface area contributed by atoms with E-state index in [1.54, 1.807) is 0 Å². The number of furan rings is 1. The van der Waals surface area contributed by atoms with Crippen molar-refractivity contribution in [1.82, 2.24) is 13.7 Å². The molecule has 0 N–H and O–H groups in total. The van der Waals surface area contributed by atoms with Crippen molar-refractivity contribution in [3.8, 4) is 39.3 Å². The Kier molecular flexibility index (Phi) is 6.98. The summed E-state index contributed by atoms with van der Waals surface area (Å²) in [7, 11) is 0. The lowest BCUT2D eigenvalue weighted by Crippen LogP contribution is -1.94. The number of benzene rings is 9. The van der Waals surface area contributed by atoms with E-state index in [1.807, 2.05) is 6.07 Å². The van der Waals surface area contributed by atoms with Gasteiger partial charge in [-0.2, -0.15) is 0 Å². The van der Waals surface area contributed by atoms with E-state index in [1.165, 1.54) is 65.8 Å². The first-order valence-corrected chi connectivity index (χ1v) is 20.5. The molecule has 4 heterocycles. The summed E-state index contributed by atoms with van der Waals surface area (Å²) in [6, 6.07) is 76.7. The van der Waals surface area contributed by atoms with Gasteiger partial charge >= 0.3 is 0 Å². The fraction of sp³-hybridized carbons (Fsp3) is 0. The Morgan fingerprint density at radius 3 is 1.32 bits per heavy atom. The van der Waals surface area contributed by atoms with Gasteiger partial charge in [0.25, 0.3) is 0 Å². The molecule has 13 rings (SSSR count). The van der Waals surface area contributed by atoms with E-state index in [2.05, 4.69) is 220 Å². The van der Waals surface area contributed by atoms with Crippen LogP contribution >= 0.6 is 0 Å². The summed E-state index contributed by atoms with van der Waals surface area (Å²) in [4.78, 5) is 0. The standard InChI is InChI=1S/C56H35N3O/c1-3-15-40(16-4-1)57-49-23-10-7-20-43(49)46-33-37(26-29-51(46)57)38-27-30-52-47(34-38)44-21-8-11-24-50(44)58(52)42-19-13-14-36(32-42)39-28-31-53-48(35-39)55-45-22-9-12-25-54(45)60-56(55)59(53)41-17-5-2-6-18-41/h1-35H. The van der Waals surface area contributed by atoms with E-state index >= 15 is 0 Å². The summed E-state index contributed by atoms with van der Waals surface area (Å²) in [5, 5.41) is 8.42. The number of rotatable bonds is 5. The molecule has 9 aromatic carbocycles. The van der Waals surface area contributed by atoms with E-state index in [4.69, 9.17) is 4.42 Å². The van der Waals surface area contributed by atoms with Crippen LogP contribution in [0.1, 0.15) is 0 Å². The van der Waals surface area contributed by atoms with Crippen LogP contribution in [0.3, 0.4) is 0 Å². The zero-order valence-electron chi connectivity index (χ0n) is 32.5. The van der Waals surface area contributed by atoms with Gasteiger partial charge in [-0.15, -0.1) is 0 Å². The Labute approximate surface area is 345 Å². The van der Waals surface area contributed by atoms with E-state index in [0.717, 1.165) is 50.1 Å². The maximum Gasteiger partial charge on any atom is 0.213 e. The SMILES string of the molecule is c1ccc(-n2c3ccccc3c3cc(-c4ccc5c(c4)c4ccccc4n5-c4cccc(-c5ccc6c(c5)c5c7ccccc7oc5n6-c5ccccc5)c4)ccc32)cc1. The first-order chi connectivity index (χ1) is 29.8. The molecule has 4 heteroatoms. The molecule has 0 aliphatic carbocycles. The maximum atomic E-state index is 6.57. The van der Waals surface area contributed by atoms with Crippen LogP contribution in [0.2, 0.25) is 0 Å². The van der Waals surface area contributed by atoms with Gasteiger partial charge in [0.2, 0.25) is 5.71 Å². The largest absolute Gasteiger partial charge is 0.439 e. The highest BCUT2D eigenvalue weighted by atomic mass is 16.3. The number of fused-ring (bicyclic) bond motifs is 11. The molecule has 0 spiro atoms. The van der Waals surface area contributed by atoms with Crippen molar-refractivity contribution in [2.45, 2.75) is 0 Å². The van der Waals surface area contributed by atoms with Crippen molar-refractivity contribution in [3.05, 3.63) is 212 Å². The van der Waals surface area contributed by atoms with Crippen LogP contribution < -0.4 is 0 Å². The van der Waals surface area contributed by atoms with Crippen molar-refractivity contribution in [2.75, 3.05) is 0 Å². The molecular weight excluding hydrogens is 731 g/mol. The summed E-state index contributed by atoms with van der Waals surface area (Å²) in [6.45, 7) is 0. The molecule has 0 bridgehead atoms. The lowest BCUT2D eigenvalue weighted by atomic mass is 10.0. The van der Waals surface area contributed by atoms with Crippen molar-refractivity contribution in [2.24, 2.45) is 0 Å². The second-order valence-corrected chi connectivity index (χ2v) is 15.7. The molecule has 0 unspecified atom stereocenters. The highest BCUT2D eigenvalue weighted by Crippen LogP contribution is 2.42. The van der Waals surface area contributed by atoms with Gasteiger partial charge in [-0.3, -0.25) is 4.57 Å². The van der Waals surface area contributed by atoms with Crippen molar-refractivity contribution < 1.29 is 4.42 Å². The van der Waals surface area contributed by atoms with Crippen molar-refractivity contribution in [1.29, 1.82) is 0 Å². The molecule has 4 aromatic heterocycles.